The van der Waals surface area contributed by atoms with Gasteiger partial charge in [0.15, 0.2) is 0 Å². The Kier molecular flexibility index (Phi) is 7.94. The molecule has 2 aliphatic heterocycles. The van der Waals surface area contributed by atoms with E-state index in [1.807, 2.05) is 19.1 Å². The lowest BCUT2D eigenvalue weighted by atomic mass is 10.1. The average Bonchev–Trinajstić information content (AvgIpc) is 3.36. The number of cyclic esters (lactones) is 1. The normalized spacial score (nSPS) is 19.8. The highest BCUT2D eigenvalue weighted by Crippen LogP contribution is 2.30. The zero-order valence-electron chi connectivity index (χ0n) is 15.8. The minimum absolute atomic E-state index is 0.0590. The molecule has 0 bridgehead atoms. The summed E-state index contributed by atoms with van der Waals surface area (Å²) >= 11 is 23.4. The highest BCUT2D eigenvalue weighted by Gasteiger charge is 2.24. The van der Waals surface area contributed by atoms with Crippen LogP contribution in [0.4, 0.5) is 4.79 Å². The molecule has 2 aromatic rings. The molecule has 2 aromatic carbocycles. The number of rotatable bonds is 3. The van der Waals surface area contributed by atoms with E-state index in [0.717, 1.165) is 11.1 Å². The van der Waals surface area contributed by atoms with Crippen molar-refractivity contribution in [3.63, 3.8) is 0 Å². The van der Waals surface area contributed by atoms with E-state index in [1.165, 1.54) is 0 Å². The van der Waals surface area contributed by atoms with Gasteiger partial charge in [-0.2, -0.15) is 0 Å². The van der Waals surface area contributed by atoms with E-state index in [9.17, 15) is 4.79 Å². The third-order valence-electron chi connectivity index (χ3n) is 4.24. The molecule has 0 aromatic heterocycles. The topological polar surface area (TPSA) is 69.2 Å². The molecule has 1 fully saturated rings. The highest BCUT2D eigenvalue weighted by molar-refractivity contribution is 6.42. The van der Waals surface area contributed by atoms with Gasteiger partial charge >= 0.3 is 12.2 Å². The summed E-state index contributed by atoms with van der Waals surface area (Å²) in [6.07, 6.45) is -0.0559. The summed E-state index contributed by atoms with van der Waals surface area (Å²) in [6.45, 7) is 3.25. The molecule has 10 heteroatoms. The fraction of sp³-hybridized carbons (Fsp3) is 0.300. The quantitative estimate of drug-likeness (QED) is 0.552. The van der Waals surface area contributed by atoms with Crippen molar-refractivity contribution < 1.29 is 19.0 Å². The fourth-order valence-electron chi connectivity index (χ4n) is 2.74. The smallest absolute Gasteiger partial charge is 0.407 e. The number of alkyl carbamates (subject to hydrolysis) is 1. The molecule has 1 N–H and O–H groups in total. The monoisotopic (exact) mass is 490 g/mol. The minimum Gasteiger partial charge on any atom is -0.451 e. The van der Waals surface area contributed by atoms with E-state index in [4.69, 9.17) is 60.6 Å². The maximum Gasteiger partial charge on any atom is 0.407 e. The number of hydrogen-bond acceptors (Lipinski definition) is 5. The van der Waals surface area contributed by atoms with E-state index in [2.05, 4.69) is 10.3 Å². The van der Waals surface area contributed by atoms with Gasteiger partial charge in [-0.25, -0.2) is 9.79 Å². The maximum absolute atomic E-state index is 10.8. The number of carbonyl (C=O) groups excluding carboxylic acids is 1. The number of aliphatic imine (C=N–C) groups is 1. The maximum atomic E-state index is 10.8. The summed E-state index contributed by atoms with van der Waals surface area (Å²) in [5.74, 6) is 0. The van der Waals surface area contributed by atoms with Gasteiger partial charge in [0, 0.05) is 0 Å². The molecule has 0 unspecified atom stereocenters. The van der Waals surface area contributed by atoms with Gasteiger partial charge in [0.05, 0.1) is 32.7 Å². The lowest BCUT2D eigenvalue weighted by Crippen LogP contribution is -2.18. The predicted octanol–water partition coefficient (Wildman–Crippen LogP) is 6.23. The summed E-state index contributed by atoms with van der Waals surface area (Å²) in [5, 5.41) is 4.70. The molecule has 1 saturated heterocycles. The molecule has 4 rings (SSSR count). The molecule has 0 saturated carbocycles. The SMILES string of the molecule is CCOC1=N[C@@H](c2ccc(Cl)c(Cl)c2)CO1.O=C1N[C@@H](c2ccc(Cl)c(Cl)c2)CO1. The van der Waals surface area contributed by atoms with Crippen molar-refractivity contribution >= 4 is 58.6 Å². The van der Waals surface area contributed by atoms with Crippen LogP contribution in [-0.4, -0.2) is 32.0 Å². The number of nitrogens with one attached hydrogen (secondary N) is 1. The van der Waals surface area contributed by atoms with Gasteiger partial charge in [-0.15, -0.1) is 0 Å². The van der Waals surface area contributed by atoms with Crippen LogP contribution in [-0.2, 0) is 14.2 Å². The van der Waals surface area contributed by atoms with Crippen molar-refractivity contribution in [2.75, 3.05) is 19.8 Å². The second kappa shape index (κ2) is 10.4. The van der Waals surface area contributed by atoms with Crippen LogP contribution < -0.4 is 5.32 Å². The number of ether oxygens (including phenoxy) is 3. The Morgan fingerprint density at radius 3 is 2.17 bits per heavy atom. The summed E-state index contributed by atoms with van der Waals surface area (Å²) in [4.78, 5) is 15.1. The van der Waals surface area contributed by atoms with Crippen LogP contribution in [0.1, 0.15) is 30.1 Å². The Morgan fingerprint density at radius 1 is 0.967 bits per heavy atom. The Hall–Kier alpha value is -1.86. The molecule has 1 amide bonds. The largest absolute Gasteiger partial charge is 0.451 e. The van der Waals surface area contributed by atoms with Gasteiger partial charge in [-0.1, -0.05) is 58.5 Å². The van der Waals surface area contributed by atoms with Crippen LogP contribution in [0.25, 0.3) is 0 Å². The standard InChI is InChI=1S/C11H11Cl2NO2.C9H7Cl2NO2/c1-2-15-11-14-10(6-16-11)7-3-4-8(12)9(13)5-7;10-6-2-1-5(3-7(6)11)8-4-14-9(13)12-8/h3-5,10H,2,6H2,1H3;1-3,8H,4H2,(H,12,13)/t10-;8-/m11/s1. The zero-order valence-corrected chi connectivity index (χ0v) is 18.9. The summed E-state index contributed by atoms with van der Waals surface area (Å²) in [6, 6.07) is 10.5. The molecule has 0 spiro atoms. The molecule has 0 radical (unpaired) electrons. The molecule has 6 nitrogen and oxygen atoms in total. The first kappa shape index (κ1) is 22.8. The molecule has 2 aliphatic rings. The third kappa shape index (κ3) is 5.85. The average molecular weight is 492 g/mol. The van der Waals surface area contributed by atoms with Crippen LogP contribution in [0.5, 0.6) is 0 Å². The highest BCUT2D eigenvalue weighted by atomic mass is 35.5. The Labute approximate surface area is 194 Å². The third-order valence-corrected chi connectivity index (χ3v) is 5.72. The Balaban J connectivity index is 0.000000172. The molecule has 30 heavy (non-hydrogen) atoms. The Bertz CT molecular complexity index is 954. The van der Waals surface area contributed by atoms with Gasteiger partial charge in [0.2, 0.25) is 0 Å². The zero-order chi connectivity index (χ0) is 21.7. The van der Waals surface area contributed by atoms with Crippen molar-refractivity contribution in [1.29, 1.82) is 0 Å². The molecular weight excluding hydrogens is 474 g/mol. The molecule has 0 aliphatic carbocycles. The number of hydrogen-bond donors (Lipinski definition) is 1. The van der Waals surface area contributed by atoms with Crippen molar-refractivity contribution in [2.45, 2.75) is 19.0 Å². The predicted molar refractivity (Wildman–Crippen MR) is 118 cm³/mol. The van der Waals surface area contributed by atoms with Crippen molar-refractivity contribution in [2.24, 2.45) is 4.99 Å². The van der Waals surface area contributed by atoms with Gasteiger partial charge < -0.3 is 19.5 Å². The number of carbonyl (C=O) groups is 1. The van der Waals surface area contributed by atoms with Crippen molar-refractivity contribution in [1.82, 2.24) is 5.32 Å². The number of halogens is 4. The van der Waals surface area contributed by atoms with Gasteiger partial charge in [0.25, 0.3) is 0 Å². The molecule has 2 heterocycles. The summed E-state index contributed by atoms with van der Waals surface area (Å²) in [7, 11) is 0. The van der Waals surface area contributed by atoms with E-state index in [-0.39, 0.29) is 12.1 Å². The first-order valence-electron chi connectivity index (χ1n) is 9.04. The first-order valence-corrected chi connectivity index (χ1v) is 10.5. The summed E-state index contributed by atoms with van der Waals surface area (Å²) in [5.41, 5.74) is 1.87. The van der Waals surface area contributed by atoms with Crippen LogP contribution in [0.15, 0.2) is 41.4 Å². The van der Waals surface area contributed by atoms with Gasteiger partial charge in [-0.05, 0) is 42.3 Å². The van der Waals surface area contributed by atoms with Gasteiger partial charge in [-0.3, -0.25) is 0 Å². The number of benzene rings is 2. The molecular formula is C20H18Cl4N2O4. The van der Waals surface area contributed by atoms with Crippen LogP contribution >= 0.6 is 46.4 Å². The minimum atomic E-state index is -0.402. The van der Waals surface area contributed by atoms with Crippen molar-refractivity contribution in [3.8, 4) is 0 Å². The van der Waals surface area contributed by atoms with Crippen LogP contribution in [0, 0.1) is 0 Å². The fourth-order valence-corrected chi connectivity index (χ4v) is 3.35. The second-order valence-electron chi connectivity index (χ2n) is 6.30. The number of amides is 1. The van der Waals surface area contributed by atoms with Crippen LogP contribution in [0.2, 0.25) is 20.1 Å². The van der Waals surface area contributed by atoms with E-state index in [1.54, 1.807) is 24.3 Å². The first-order chi connectivity index (χ1) is 14.4. The lowest BCUT2D eigenvalue weighted by molar-refractivity contribution is 0.177. The molecule has 160 valence electrons. The van der Waals surface area contributed by atoms with Crippen molar-refractivity contribution in [3.05, 3.63) is 67.6 Å². The van der Waals surface area contributed by atoms with Crippen LogP contribution in [0.3, 0.4) is 0 Å². The van der Waals surface area contributed by atoms with Gasteiger partial charge in [0.1, 0.15) is 19.3 Å². The van der Waals surface area contributed by atoms with E-state index >= 15 is 0 Å². The second-order valence-corrected chi connectivity index (χ2v) is 7.93. The van der Waals surface area contributed by atoms with E-state index in [0.29, 0.717) is 46.0 Å². The lowest BCUT2D eigenvalue weighted by Gasteiger charge is -2.08. The number of nitrogens with zero attached hydrogens (tertiary/aromatic N) is 1. The van der Waals surface area contributed by atoms with E-state index < -0.39 is 6.09 Å². The summed E-state index contributed by atoms with van der Waals surface area (Å²) < 4.78 is 15.2. The molecule has 2 atom stereocenters. The Morgan fingerprint density at radius 2 is 1.60 bits per heavy atom.